The lowest BCUT2D eigenvalue weighted by molar-refractivity contribution is 0.0376. The van der Waals surface area contributed by atoms with Crippen LogP contribution in [0, 0.1) is 5.92 Å². The van der Waals surface area contributed by atoms with Crippen molar-refractivity contribution in [1.29, 1.82) is 0 Å². The van der Waals surface area contributed by atoms with Gasteiger partial charge in [-0.05, 0) is 31.5 Å². The van der Waals surface area contributed by atoms with Crippen molar-refractivity contribution in [3.63, 3.8) is 0 Å². The molecule has 2 fully saturated rings. The van der Waals surface area contributed by atoms with E-state index < -0.39 is 0 Å². The van der Waals surface area contributed by atoms with Crippen molar-refractivity contribution >= 4 is 5.96 Å². The molecule has 2 saturated heterocycles. The maximum absolute atomic E-state index is 5.45. The predicted octanol–water partition coefficient (Wildman–Crippen LogP) is 1.12. The molecule has 1 aromatic heterocycles. The molecule has 2 aliphatic heterocycles. The van der Waals surface area contributed by atoms with Crippen LogP contribution in [0.4, 0.5) is 0 Å². The molecule has 1 aromatic rings. The monoisotopic (exact) mass is 364 g/mol. The largest absolute Gasteiger partial charge is 0.469 e. The fourth-order valence-corrected chi connectivity index (χ4v) is 3.22. The highest BCUT2D eigenvalue weighted by Crippen LogP contribution is 2.12. The van der Waals surface area contributed by atoms with Gasteiger partial charge in [-0.15, -0.1) is 0 Å². The number of nitrogens with zero attached hydrogens (tertiary/aromatic N) is 2. The first-order valence-corrected chi connectivity index (χ1v) is 9.82. The first kappa shape index (κ1) is 19.2. The van der Waals surface area contributed by atoms with Crippen molar-refractivity contribution in [3.05, 3.63) is 24.2 Å². The third kappa shape index (κ3) is 6.97. The molecule has 0 aliphatic carbocycles. The molecule has 2 aliphatic rings. The summed E-state index contributed by atoms with van der Waals surface area (Å²) in [5, 5.41) is 6.90. The lowest BCUT2D eigenvalue weighted by Crippen LogP contribution is -2.41. The molecule has 3 rings (SSSR count). The van der Waals surface area contributed by atoms with E-state index in [-0.39, 0.29) is 0 Å². The van der Waals surface area contributed by atoms with E-state index >= 15 is 0 Å². The molecule has 7 heteroatoms. The number of ether oxygens (including phenoxy) is 2. The highest BCUT2D eigenvalue weighted by Gasteiger charge is 2.15. The van der Waals surface area contributed by atoms with Gasteiger partial charge in [-0.1, -0.05) is 0 Å². The Morgan fingerprint density at radius 1 is 1.15 bits per heavy atom. The fourth-order valence-electron chi connectivity index (χ4n) is 3.22. The Balaban J connectivity index is 1.38. The Morgan fingerprint density at radius 3 is 2.81 bits per heavy atom. The number of rotatable bonds is 9. The van der Waals surface area contributed by atoms with Crippen molar-refractivity contribution in [3.8, 4) is 0 Å². The van der Waals surface area contributed by atoms with E-state index in [0.717, 1.165) is 96.7 Å². The summed E-state index contributed by atoms with van der Waals surface area (Å²) in [4.78, 5) is 7.22. The van der Waals surface area contributed by atoms with Gasteiger partial charge in [0.2, 0.25) is 0 Å². The average molecular weight is 364 g/mol. The van der Waals surface area contributed by atoms with E-state index in [4.69, 9.17) is 18.9 Å². The second-order valence-electron chi connectivity index (χ2n) is 6.91. The molecule has 0 amide bonds. The normalized spacial score (nSPS) is 21.8. The second kappa shape index (κ2) is 11.2. The number of aliphatic imine (C=N–C) groups is 1. The number of nitrogens with one attached hydrogen (secondary N) is 2. The van der Waals surface area contributed by atoms with Crippen molar-refractivity contribution in [1.82, 2.24) is 15.5 Å². The molecular weight excluding hydrogens is 332 g/mol. The quantitative estimate of drug-likeness (QED) is 0.389. The number of guanidine groups is 1. The molecule has 1 unspecified atom stereocenters. The number of hydrogen-bond donors (Lipinski definition) is 2. The molecule has 7 nitrogen and oxygen atoms in total. The minimum Gasteiger partial charge on any atom is -0.469 e. The SMILES string of the molecule is c1coc(CCNC(=NCC2CCOC2)NCCCN2CCOCC2)c1. The van der Waals surface area contributed by atoms with Gasteiger partial charge in [-0.3, -0.25) is 9.89 Å². The summed E-state index contributed by atoms with van der Waals surface area (Å²) in [5.74, 6) is 2.44. The van der Waals surface area contributed by atoms with E-state index in [2.05, 4.69) is 15.5 Å². The van der Waals surface area contributed by atoms with Gasteiger partial charge < -0.3 is 24.5 Å². The van der Waals surface area contributed by atoms with Gasteiger partial charge in [-0.25, -0.2) is 0 Å². The molecule has 0 radical (unpaired) electrons. The molecular formula is C19H32N4O3. The Bertz CT molecular complexity index is 509. The van der Waals surface area contributed by atoms with Gasteiger partial charge in [0.15, 0.2) is 5.96 Å². The summed E-state index contributed by atoms with van der Waals surface area (Å²) < 4.78 is 16.2. The van der Waals surface area contributed by atoms with Gasteiger partial charge in [0.1, 0.15) is 5.76 Å². The van der Waals surface area contributed by atoms with Gasteiger partial charge in [0, 0.05) is 51.7 Å². The molecule has 26 heavy (non-hydrogen) atoms. The van der Waals surface area contributed by atoms with Gasteiger partial charge in [0.05, 0.1) is 26.1 Å². The zero-order valence-electron chi connectivity index (χ0n) is 15.6. The molecule has 0 bridgehead atoms. The maximum Gasteiger partial charge on any atom is 0.191 e. The average Bonchev–Trinajstić information content (AvgIpc) is 3.37. The highest BCUT2D eigenvalue weighted by molar-refractivity contribution is 5.79. The molecule has 0 saturated carbocycles. The number of morpholine rings is 1. The zero-order valence-corrected chi connectivity index (χ0v) is 15.6. The van der Waals surface area contributed by atoms with Crippen LogP contribution < -0.4 is 10.6 Å². The molecule has 0 aromatic carbocycles. The van der Waals surface area contributed by atoms with Crippen molar-refractivity contribution < 1.29 is 13.9 Å². The van der Waals surface area contributed by atoms with E-state index in [1.165, 1.54) is 0 Å². The first-order valence-electron chi connectivity index (χ1n) is 9.82. The number of hydrogen-bond acceptors (Lipinski definition) is 5. The molecule has 2 N–H and O–H groups in total. The molecule has 146 valence electrons. The van der Waals surface area contributed by atoms with Crippen LogP contribution in [0.1, 0.15) is 18.6 Å². The van der Waals surface area contributed by atoms with Crippen LogP contribution in [0.3, 0.4) is 0 Å². The zero-order chi connectivity index (χ0) is 17.9. The Kier molecular flexibility index (Phi) is 8.28. The van der Waals surface area contributed by atoms with Crippen LogP contribution in [-0.2, 0) is 15.9 Å². The third-order valence-corrected chi connectivity index (χ3v) is 4.82. The smallest absolute Gasteiger partial charge is 0.191 e. The topological polar surface area (TPSA) is 71.3 Å². The van der Waals surface area contributed by atoms with Crippen LogP contribution in [0.25, 0.3) is 0 Å². The Morgan fingerprint density at radius 2 is 2.04 bits per heavy atom. The molecule has 3 heterocycles. The standard InChI is InChI=1S/C19H32N4O3/c1-3-18(26-11-1)4-7-21-19(22-15-17-5-12-25-16-17)20-6-2-8-23-9-13-24-14-10-23/h1,3,11,17H,2,4-10,12-16H2,(H2,20,21,22). The maximum atomic E-state index is 5.45. The van der Waals surface area contributed by atoms with Crippen LogP contribution in [0.2, 0.25) is 0 Å². The van der Waals surface area contributed by atoms with E-state index in [1.807, 2.05) is 12.1 Å². The summed E-state index contributed by atoms with van der Waals surface area (Å²) in [7, 11) is 0. The lowest BCUT2D eigenvalue weighted by Gasteiger charge is -2.26. The van der Waals surface area contributed by atoms with E-state index in [0.29, 0.717) is 5.92 Å². The third-order valence-electron chi connectivity index (χ3n) is 4.82. The predicted molar refractivity (Wildman–Crippen MR) is 102 cm³/mol. The van der Waals surface area contributed by atoms with Gasteiger partial charge in [-0.2, -0.15) is 0 Å². The van der Waals surface area contributed by atoms with Crippen molar-refractivity contribution in [2.45, 2.75) is 19.3 Å². The molecule has 1 atom stereocenters. The summed E-state index contributed by atoms with van der Waals surface area (Å²) in [6.07, 6.45) is 4.79. The summed E-state index contributed by atoms with van der Waals surface area (Å²) in [6.45, 7) is 9.17. The van der Waals surface area contributed by atoms with Gasteiger partial charge >= 0.3 is 0 Å². The van der Waals surface area contributed by atoms with Crippen LogP contribution in [-0.4, -0.2) is 76.6 Å². The van der Waals surface area contributed by atoms with Gasteiger partial charge in [0.25, 0.3) is 0 Å². The van der Waals surface area contributed by atoms with Crippen molar-refractivity contribution in [2.24, 2.45) is 10.9 Å². The minimum absolute atomic E-state index is 0.548. The highest BCUT2D eigenvalue weighted by atomic mass is 16.5. The van der Waals surface area contributed by atoms with Crippen LogP contribution in [0.5, 0.6) is 0 Å². The summed E-state index contributed by atoms with van der Waals surface area (Å²) in [5.41, 5.74) is 0. The number of furan rings is 1. The van der Waals surface area contributed by atoms with Crippen LogP contribution in [0.15, 0.2) is 27.8 Å². The summed E-state index contributed by atoms with van der Waals surface area (Å²) in [6, 6.07) is 3.93. The van der Waals surface area contributed by atoms with Crippen molar-refractivity contribution in [2.75, 3.05) is 65.7 Å². The first-order chi connectivity index (χ1) is 12.9. The molecule has 0 spiro atoms. The second-order valence-corrected chi connectivity index (χ2v) is 6.91. The Labute approximate surface area is 156 Å². The van der Waals surface area contributed by atoms with Crippen LogP contribution >= 0.6 is 0 Å². The summed E-state index contributed by atoms with van der Waals surface area (Å²) >= 11 is 0. The van der Waals surface area contributed by atoms with E-state index in [9.17, 15) is 0 Å². The minimum atomic E-state index is 0.548. The Hall–Kier alpha value is -1.57. The fraction of sp³-hybridized carbons (Fsp3) is 0.737. The van der Waals surface area contributed by atoms with E-state index in [1.54, 1.807) is 6.26 Å². The lowest BCUT2D eigenvalue weighted by atomic mass is 10.1.